The molecule has 19 heteroatoms. The van der Waals surface area contributed by atoms with Crippen molar-refractivity contribution in [1.82, 2.24) is 25.4 Å². The molecule has 4 atom stereocenters. The zero-order valence-electron chi connectivity index (χ0n) is 30.1. The van der Waals surface area contributed by atoms with E-state index < -0.39 is 95.4 Å². The van der Waals surface area contributed by atoms with Gasteiger partial charge in [-0.05, 0) is 61.1 Å². The summed E-state index contributed by atoms with van der Waals surface area (Å²) in [6.45, 7) is 0.256. The standard InChI is InChI=1S/C37H35ClF7N7O3S/c1-18-15-37(44,45)33(28(18)30(46)34(42)43)47-16-27(53)49-26(13-19-11-20(40)14-21(41)12-19)31-23(6-5-22(48-31)9-10-36(2,54)17-39)24-7-8-25(38)29-32(24)52(3)50-35(29)51-56(4)55/h5-8,11-12,14,18,26,34,46-47,54H,13,15-17H2,1-4H3,(H,49,53)(H,50,51)/t18-,26-,36?,56?/m0/s1. The fourth-order valence-electron chi connectivity index (χ4n) is 6.44. The van der Waals surface area contributed by atoms with Crippen molar-refractivity contribution in [3.05, 3.63) is 87.3 Å². The highest BCUT2D eigenvalue weighted by molar-refractivity contribution is 7.92. The van der Waals surface area contributed by atoms with Crippen molar-refractivity contribution in [2.45, 2.75) is 50.7 Å². The third-order valence-electron chi connectivity index (χ3n) is 8.76. The Kier molecular flexibility index (Phi) is 12.6. The predicted molar refractivity (Wildman–Crippen MR) is 199 cm³/mol. The van der Waals surface area contributed by atoms with Crippen molar-refractivity contribution in [3.63, 3.8) is 0 Å². The highest BCUT2D eigenvalue weighted by Gasteiger charge is 2.48. The number of carbonyl (C=O) groups is 1. The van der Waals surface area contributed by atoms with Crippen LogP contribution in [0.4, 0.5) is 36.6 Å². The van der Waals surface area contributed by atoms with Crippen LogP contribution in [0, 0.1) is 34.8 Å². The largest absolute Gasteiger partial charge is 0.593 e. The quantitative estimate of drug-likeness (QED) is 0.0444. The van der Waals surface area contributed by atoms with Crippen molar-refractivity contribution in [2.75, 3.05) is 24.2 Å². The first-order valence-electron chi connectivity index (χ1n) is 16.8. The van der Waals surface area contributed by atoms with Gasteiger partial charge < -0.3 is 20.3 Å². The molecule has 5 N–H and O–H groups in total. The van der Waals surface area contributed by atoms with E-state index in [1.165, 1.54) is 36.1 Å². The Labute approximate surface area is 324 Å². The van der Waals surface area contributed by atoms with Gasteiger partial charge in [0.15, 0.2) is 5.60 Å². The van der Waals surface area contributed by atoms with Crippen LogP contribution < -0.4 is 15.4 Å². The molecule has 0 radical (unpaired) electrons. The smallest absolute Gasteiger partial charge is 0.288 e. The van der Waals surface area contributed by atoms with E-state index in [1.807, 2.05) is 0 Å². The minimum Gasteiger partial charge on any atom is -0.593 e. The normalized spacial score (nSPS) is 17.3. The molecule has 2 heterocycles. The van der Waals surface area contributed by atoms with Crippen molar-refractivity contribution in [3.8, 4) is 23.0 Å². The van der Waals surface area contributed by atoms with E-state index in [-0.39, 0.29) is 39.8 Å². The number of fused-ring (bicyclic) bond motifs is 1. The summed E-state index contributed by atoms with van der Waals surface area (Å²) < 4.78 is 116. The molecule has 0 fully saturated rings. The molecule has 1 aliphatic rings. The minimum atomic E-state index is -3.67. The van der Waals surface area contributed by atoms with Gasteiger partial charge >= 0.3 is 0 Å². The summed E-state index contributed by atoms with van der Waals surface area (Å²) in [7, 11) is 1.58. The molecule has 0 saturated heterocycles. The molecular formula is C37H35ClF7N7O3S. The van der Waals surface area contributed by atoms with E-state index in [0.717, 1.165) is 19.1 Å². The molecule has 0 saturated carbocycles. The second kappa shape index (κ2) is 16.7. The molecule has 298 valence electrons. The molecule has 2 aromatic carbocycles. The Morgan fingerprint density at radius 2 is 1.86 bits per heavy atom. The van der Waals surface area contributed by atoms with Gasteiger partial charge in [0.2, 0.25) is 11.7 Å². The molecule has 10 nitrogen and oxygen atoms in total. The second-order valence-electron chi connectivity index (χ2n) is 13.4. The third-order valence-corrected chi connectivity index (χ3v) is 9.56. The van der Waals surface area contributed by atoms with Gasteiger partial charge in [-0.2, -0.15) is 18.6 Å². The lowest BCUT2D eigenvalue weighted by molar-refractivity contribution is -0.121. The second-order valence-corrected chi connectivity index (χ2v) is 14.9. The van der Waals surface area contributed by atoms with E-state index in [4.69, 9.17) is 17.0 Å². The van der Waals surface area contributed by atoms with Crippen LogP contribution in [0.3, 0.4) is 0 Å². The Balaban J connectivity index is 1.67. The first kappa shape index (κ1) is 42.3. The number of benzene rings is 2. The summed E-state index contributed by atoms with van der Waals surface area (Å²) in [6, 6.07) is 7.36. The van der Waals surface area contributed by atoms with Crippen LogP contribution in [0.5, 0.6) is 0 Å². The summed E-state index contributed by atoms with van der Waals surface area (Å²) >= 11 is 5.02. The zero-order valence-corrected chi connectivity index (χ0v) is 31.7. The number of hydrogen-bond donors (Lipinski definition) is 5. The first-order chi connectivity index (χ1) is 26.2. The van der Waals surface area contributed by atoms with E-state index in [1.54, 1.807) is 13.1 Å². The van der Waals surface area contributed by atoms with E-state index in [2.05, 4.69) is 37.3 Å². The van der Waals surface area contributed by atoms with Gasteiger partial charge in [0.25, 0.3) is 12.3 Å². The molecule has 0 spiro atoms. The molecule has 1 amide bonds. The van der Waals surface area contributed by atoms with E-state index in [9.17, 15) is 36.4 Å². The van der Waals surface area contributed by atoms with Crippen LogP contribution >= 0.6 is 11.6 Å². The predicted octanol–water partition coefficient (Wildman–Crippen LogP) is 6.55. The fourth-order valence-corrected chi connectivity index (χ4v) is 7.10. The number of rotatable bonds is 13. The molecular weight excluding hydrogens is 791 g/mol. The van der Waals surface area contributed by atoms with Gasteiger partial charge in [-0.15, -0.1) is 0 Å². The summed E-state index contributed by atoms with van der Waals surface area (Å²) in [5.41, 5.74) is -3.98. The number of aromatic nitrogens is 3. The number of allylic oxidation sites excluding steroid dienone is 2. The SMILES string of the molecule is C[C@H]1CC(F)(F)C(NCC(=O)N[C@@H](Cc2cc(F)cc(F)c2)c2nc(C#CC(C)(O)CF)ccc2-c2ccc(Cl)c3c(N[S+](C)[O-])nn(C)c23)=C1C(=N)C(F)F. The highest BCUT2D eigenvalue weighted by Crippen LogP contribution is 2.44. The maximum Gasteiger partial charge on any atom is 0.288 e. The number of nitrogens with one attached hydrogen (secondary N) is 4. The highest BCUT2D eigenvalue weighted by atomic mass is 35.5. The lowest BCUT2D eigenvalue weighted by atomic mass is 9.93. The van der Waals surface area contributed by atoms with Crippen LogP contribution in [0.15, 0.2) is 53.7 Å². The Morgan fingerprint density at radius 1 is 1.20 bits per heavy atom. The fraction of sp³-hybridized carbons (Fsp3) is 0.351. The summed E-state index contributed by atoms with van der Waals surface area (Å²) in [5.74, 6) is -2.57. The number of alkyl halides is 5. The van der Waals surface area contributed by atoms with Crippen LogP contribution in [0.2, 0.25) is 5.02 Å². The van der Waals surface area contributed by atoms with E-state index >= 15 is 8.78 Å². The summed E-state index contributed by atoms with van der Waals surface area (Å²) in [5, 5.41) is 27.8. The van der Waals surface area contributed by atoms with Gasteiger partial charge in [0.05, 0.1) is 51.3 Å². The maximum absolute atomic E-state index is 15.0. The van der Waals surface area contributed by atoms with Crippen molar-refractivity contribution >= 4 is 51.3 Å². The van der Waals surface area contributed by atoms with Gasteiger partial charge in [-0.3, -0.25) is 14.9 Å². The Hall–Kier alpha value is -4.83. The number of amides is 1. The number of hydrogen-bond acceptors (Lipinski definition) is 8. The van der Waals surface area contributed by atoms with Crippen LogP contribution in [-0.2, 0) is 29.6 Å². The lowest BCUT2D eigenvalue weighted by Crippen LogP contribution is -2.40. The van der Waals surface area contributed by atoms with Crippen LogP contribution in [0.1, 0.15) is 43.3 Å². The Bertz CT molecular complexity index is 2250. The average molecular weight is 826 g/mol. The van der Waals surface area contributed by atoms with Crippen LogP contribution in [-0.4, -0.2) is 73.5 Å². The molecule has 2 aromatic heterocycles. The first-order valence-corrected chi connectivity index (χ1v) is 18.7. The summed E-state index contributed by atoms with van der Waals surface area (Å²) in [4.78, 5) is 18.3. The molecule has 0 bridgehead atoms. The van der Waals surface area contributed by atoms with E-state index in [0.29, 0.717) is 22.5 Å². The van der Waals surface area contributed by atoms with Crippen molar-refractivity contribution in [2.24, 2.45) is 13.0 Å². The van der Waals surface area contributed by atoms with Crippen molar-refractivity contribution < 1.29 is 45.2 Å². The number of halogens is 8. The number of pyridine rings is 1. The molecule has 56 heavy (non-hydrogen) atoms. The average Bonchev–Trinajstić information content (AvgIpc) is 3.55. The molecule has 0 aliphatic heterocycles. The molecule has 2 unspecified atom stereocenters. The third kappa shape index (κ3) is 9.40. The lowest BCUT2D eigenvalue weighted by Gasteiger charge is -2.23. The van der Waals surface area contributed by atoms with Crippen molar-refractivity contribution in [1.29, 1.82) is 5.41 Å². The topological polar surface area (TPSA) is 151 Å². The van der Waals surface area contributed by atoms with Gasteiger partial charge in [-0.25, -0.2) is 26.9 Å². The molecule has 1 aliphatic carbocycles. The number of aryl methyl sites for hydroxylation is 1. The zero-order chi connectivity index (χ0) is 41.3. The molecule has 4 aromatic rings. The Morgan fingerprint density at radius 3 is 2.48 bits per heavy atom. The number of nitrogens with zero attached hydrogens (tertiary/aromatic N) is 3. The number of aliphatic hydroxyl groups is 1. The maximum atomic E-state index is 15.0. The minimum absolute atomic E-state index is 0.00712. The number of carbonyl (C=O) groups excluding carboxylic acids is 1. The van der Waals surface area contributed by atoms with Gasteiger partial charge in [0, 0.05) is 36.2 Å². The monoisotopic (exact) mass is 825 g/mol. The van der Waals surface area contributed by atoms with Crippen LogP contribution in [0.25, 0.3) is 22.0 Å². The number of anilines is 1. The van der Waals surface area contributed by atoms with Gasteiger partial charge in [-0.1, -0.05) is 30.5 Å². The van der Waals surface area contributed by atoms with Gasteiger partial charge in [0.1, 0.15) is 36.0 Å². The molecule has 5 rings (SSSR count). The summed E-state index contributed by atoms with van der Waals surface area (Å²) in [6.07, 6.45) is -3.21.